The number of carbonyl (C=O) groups is 1. The maximum Gasteiger partial charge on any atom is 0.416 e. The van der Waals surface area contributed by atoms with E-state index in [0.29, 0.717) is 30.8 Å². The largest absolute Gasteiger partial charge is 0.489 e. The third-order valence-electron chi connectivity index (χ3n) is 5.32. The fourth-order valence-corrected chi connectivity index (χ4v) is 3.60. The fourth-order valence-electron chi connectivity index (χ4n) is 3.60. The number of hydrogen-bond donors (Lipinski definition) is 0. The highest BCUT2D eigenvalue weighted by Crippen LogP contribution is 2.30. The molecule has 0 bridgehead atoms. The van der Waals surface area contributed by atoms with Gasteiger partial charge >= 0.3 is 6.18 Å². The zero-order chi connectivity index (χ0) is 22.6. The third kappa shape index (κ3) is 5.97. The molecule has 3 rings (SSSR count). The Morgan fingerprint density at radius 1 is 1.19 bits per heavy atom. The van der Waals surface area contributed by atoms with Gasteiger partial charge in [-0.2, -0.15) is 13.2 Å². The van der Waals surface area contributed by atoms with E-state index < -0.39 is 17.6 Å². The lowest BCUT2D eigenvalue weighted by Crippen LogP contribution is -2.53. The van der Waals surface area contributed by atoms with E-state index in [1.807, 2.05) is 11.8 Å². The molecule has 1 fully saturated rings. The molecule has 0 spiro atoms. The predicted octanol–water partition coefficient (Wildman–Crippen LogP) is 4.72. The number of nitrogens with zero attached hydrogens (tertiary/aromatic N) is 2. The summed E-state index contributed by atoms with van der Waals surface area (Å²) >= 11 is 0. The molecular weight excluding hydrogens is 412 g/mol. The summed E-state index contributed by atoms with van der Waals surface area (Å²) < 4.78 is 58.3. The number of alkyl halides is 3. The van der Waals surface area contributed by atoms with E-state index in [9.17, 15) is 22.4 Å². The molecule has 0 atom stereocenters. The molecule has 1 heterocycles. The molecule has 1 aliphatic heterocycles. The van der Waals surface area contributed by atoms with Gasteiger partial charge < -0.3 is 9.64 Å². The van der Waals surface area contributed by atoms with E-state index >= 15 is 0 Å². The van der Waals surface area contributed by atoms with Crippen LogP contribution in [0.2, 0.25) is 0 Å². The van der Waals surface area contributed by atoms with Crippen molar-refractivity contribution in [1.29, 1.82) is 0 Å². The molecule has 4 nitrogen and oxygen atoms in total. The van der Waals surface area contributed by atoms with Gasteiger partial charge in [-0.3, -0.25) is 9.69 Å². The summed E-state index contributed by atoms with van der Waals surface area (Å²) in [6.45, 7) is 4.24. The van der Waals surface area contributed by atoms with E-state index in [4.69, 9.17) is 4.74 Å². The van der Waals surface area contributed by atoms with Gasteiger partial charge in [-0.1, -0.05) is 25.1 Å². The van der Waals surface area contributed by atoms with Gasteiger partial charge in [-0.15, -0.1) is 0 Å². The van der Waals surface area contributed by atoms with Crippen molar-refractivity contribution in [2.24, 2.45) is 5.92 Å². The number of hydrogen-bond acceptors (Lipinski definition) is 3. The van der Waals surface area contributed by atoms with Crippen molar-refractivity contribution in [1.82, 2.24) is 9.80 Å². The van der Waals surface area contributed by atoms with E-state index in [2.05, 4.69) is 0 Å². The van der Waals surface area contributed by atoms with Crippen molar-refractivity contribution in [3.05, 3.63) is 65.0 Å². The Morgan fingerprint density at radius 2 is 1.94 bits per heavy atom. The molecular formula is C23H26F4N2O2. The van der Waals surface area contributed by atoms with Crippen LogP contribution in [-0.4, -0.2) is 42.4 Å². The number of ether oxygens (including phenoxy) is 1. The number of benzene rings is 2. The minimum absolute atomic E-state index is 0.0466. The van der Waals surface area contributed by atoms with Crippen molar-refractivity contribution in [2.45, 2.75) is 32.7 Å². The van der Waals surface area contributed by atoms with Crippen molar-refractivity contribution < 1.29 is 27.1 Å². The number of carbonyl (C=O) groups excluding carboxylic acids is 1. The van der Waals surface area contributed by atoms with Crippen LogP contribution in [0.3, 0.4) is 0 Å². The van der Waals surface area contributed by atoms with E-state index in [1.165, 1.54) is 18.2 Å². The Kier molecular flexibility index (Phi) is 7.20. The lowest BCUT2D eigenvalue weighted by molar-refractivity contribution is -0.140. The summed E-state index contributed by atoms with van der Waals surface area (Å²) in [4.78, 5) is 16.0. The molecule has 2 aromatic rings. The van der Waals surface area contributed by atoms with Crippen molar-refractivity contribution in [3.8, 4) is 5.75 Å². The highest BCUT2D eigenvalue weighted by molar-refractivity contribution is 5.79. The van der Waals surface area contributed by atoms with Crippen LogP contribution in [0.5, 0.6) is 5.75 Å². The maximum atomic E-state index is 14.5. The molecule has 0 radical (unpaired) electrons. The highest BCUT2D eigenvalue weighted by atomic mass is 19.4. The van der Waals surface area contributed by atoms with Crippen LogP contribution >= 0.6 is 0 Å². The standard InChI is InChI=1S/C23H26F4N2O2/c1-3-9-28(2)22(30)18-13-29(14-18)12-17-7-8-20(11-21(17)24)31-15-16-5-4-6-19(10-16)23(25,26)27/h4-8,10-11,18H,3,9,12-15H2,1-2H3. The summed E-state index contributed by atoms with van der Waals surface area (Å²) in [5, 5.41) is 0. The van der Waals surface area contributed by atoms with Gasteiger partial charge in [0.1, 0.15) is 18.2 Å². The molecule has 0 aliphatic carbocycles. The zero-order valence-electron chi connectivity index (χ0n) is 17.6. The Bertz CT molecular complexity index is 911. The van der Waals surface area contributed by atoms with Crippen molar-refractivity contribution >= 4 is 5.91 Å². The fraction of sp³-hybridized carbons (Fsp3) is 0.435. The average molecular weight is 438 g/mol. The summed E-state index contributed by atoms with van der Waals surface area (Å²) in [5.41, 5.74) is 0.0882. The Balaban J connectivity index is 1.51. The molecule has 31 heavy (non-hydrogen) atoms. The zero-order valence-corrected chi connectivity index (χ0v) is 17.6. The molecule has 0 saturated carbocycles. The number of rotatable bonds is 8. The van der Waals surface area contributed by atoms with E-state index in [-0.39, 0.29) is 24.2 Å². The smallest absolute Gasteiger partial charge is 0.416 e. The second-order valence-corrected chi connectivity index (χ2v) is 7.89. The van der Waals surface area contributed by atoms with Crippen LogP contribution in [0.1, 0.15) is 30.0 Å². The van der Waals surface area contributed by atoms with Crippen LogP contribution in [-0.2, 0) is 24.1 Å². The second-order valence-electron chi connectivity index (χ2n) is 7.89. The Labute approximate surface area is 179 Å². The molecule has 0 unspecified atom stereocenters. The minimum atomic E-state index is -4.42. The lowest BCUT2D eigenvalue weighted by atomic mass is 9.97. The number of likely N-dealkylation sites (tertiary alicyclic amines) is 1. The molecule has 1 saturated heterocycles. The first-order valence-electron chi connectivity index (χ1n) is 10.2. The van der Waals surface area contributed by atoms with Gasteiger partial charge in [0.25, 0.3) is 0 Å². The summed E-state index contributed by atoms with van der Waals surface area (Å²) in [5.74, 6) is -0.123. The van der Waals surface area contributed by atoms with Crippen molar-refractivity contribution in [3.63, 3.8) is 0 Å². The Morgan fingerprint density at radius 3 is 2.58 bits per heavy atom. The third-order valence-corrected chi connectivity index (χ3v) is 5.32. The number of halogens is 4. The van der Waals surface area contributed by atoms with Crippen LogP contribution in [0.15, 0.2) is 42.5 Å². The quantitative estimate of drug-likeness (QED) is 0.559. The minimum Gasteiger partial charge on any atom is -0.489 e. The molecule has 1 amide bonds. The van der Waals surface area contributed by atoms with Gasteiger partial charge in [0.2, 0.25) is 5.91 Å². The first-order chi connectivity index (χ1) is 14.7. The normalized spacial score (nSPS) is 14.9. The van der Waals surface area contributed by atoms with Gasteiger partial charge in [0.15, 0.2) is 0 Å². The lowest BCUT2D eigenvalue weighted by Gasteiger charge is -2.40. The van der Waals surface area contributed by atoms with Crippen LogP contribution in [0.25, 0.3) is 0 Å². The highest BCUT2D eigenvalue weighted by Gasteiger charge is 2.34. The van der Waals surface area contributed by atoms with Crippen LogP contribution in [0.4, 0.5) is 17.6 Å². The molecule has 2 aromatic carbocycles. The van der Waals surface area contributed by atoms with Crippen LogP contribution < -0.4 is 4.74 Å². The van der Waals surface area contributed by atoms with Gasteiger partial charge in [0.05, 0.1) is 11.5 Å². The molecule has 168 valence electrons. The summed E-state index contributed by atoms with van der Waals surface area (Å²) in [7, 11) is 1.80. The first kappa shape index (κ1) is 23.1. The molecule has 0 N–H and O–H groups in total. The maximum absolute atomic E-state index is 14.5. The number of amides is 1. The molecule has 8 heteroatoms. The van der Waals surface area contributed by atoms with Gasteiger partial charge in [0, 0.05) is 44.9 Å². The summed E-state index contributed by atoms with van der Waals surface area (Å²) in [6, 6.07) is 9.30. The summed E-state index contributed by atoms with van der Waals surface area (Å²) in [6.07, 6.45) is -3.51. The average Bonchev–Trinajstić information content (AvgIpc) is 2.69. The van der Waals surface area contributed by atoms with Crippen LogP contribution in [0, 0.1) is 11.7 Å². The topological polar surface area (TPSA) is 32.8 Å². The van der Waals surface area contributed by atoms with E-state index in [1.54, 1.807) is 24.1 Å². The molecule has 1 aliphatic rings. The van der Waals surface area contributed by atoms with Gasteiger partial charge in [-0.25, -0.2) is 4.39 Å². The SMILES string of the molecule is CCCN(C)C(=O)C1CN(Cc2ccc(OCc3cccc(C(F)(F)F)c3)cc2F)C1. The Hall–Kier alpha value is -2.61. The van der Waals surface area contributed by atoms with Crippen molar-refractivity contribution in [2.75, 3.05) is 26.7 Å². The molecule has 0 aromatic heterocycles. The monoisotopic (exact) mass is 438 g/mol. The van der Waals surface area contributed by atoms with Gasteiger partial charge in [-0.05, 0) is 30.2 Å². The van der Waals surface area contributed by atoms with E-state index in [0.717, 1.165) is 25.1 Å². The first-order valence-corrected chi connectivity index (χ1v) is 10.2. The second kappa shape index (κ2) is 9.68. The predicted molar refractivity (Wildman–Crippen MR) is 109 cm³/mol.